The first-order valence-electron chi connectivity index (χ1n) is 7.08. The van der Waals surface area contributed by atoms with Gasteiger partial charge in [-0.3, -0.25) is 4.98 Å². The molecule has 0 saturated heterocycles. The number of pyridine rings is 1. The minimum atomic E-state index is -0.331. The number of hydrogen-bond donors (Lipinski definition) is 2. The van der Waals surface area contributed by atoms with Gasteiger partial charge in [-0.15, -0.1) is 0 Å². The maximum absolute atomic E-state index is 12.9. The number of H-pyrrole nitrogens is 1. The number of imidazole rings is 1. The van der Waals surface area contributed by atoms with Gasteiger partial charge in [0.1, 0.15) is 17.3 Å². The summed E-state index contributed by atoms with van der Waals surface area (Å²) < 4.78 is 12.9. The molecule has 0 radical (unpaired) electrons. The monoisotopic (exact) mass is 276 g/mol. The normalized spacial score (nSPS) is 10.9. The van der Waals surface area contributed by atoms with Crippen molar-refractivity contribution in [3.8, 4) is 11.4 Å². The molecule has 0 atom stereocenters. The van der Waals surface area contributed by atoms with E-state index in [1.54, 1.807) is 6.07 Å². The molecule has 0 unspecified atom stereocenters. The molecule has 4 nitrogen and oxygen atoms in total. The van der Waals surface area contributed by atoms with E-state index in [9.17, 15) is 4.39 Å². The van der Waals surface area contributed by atoms with Gasteiger partial charge in [0.15, 0.2) is 0 Å². The Balaban J connectivity index is 1.97. The molecule has 20 heavy (non-hydrogen) atoms. The van der Waals surface area contributed by atoms with Crippen molar-refractivity contribution in [2.24, 2.45) is 5.73 Å². The highest BCUT2D eigenvalue weighted by atomic mass is 19.1. The zero-order valence-corrected chi connectivity index (χ0v) is 11.8. The molecular weight excluding hydrogens is 255 g/mol. The number of rotatable bonds is 7. The maximum atomic E-state index is 12.9. The van der Waals surface area contributed by atoms with Crippen molar-refractivity contribution in [3.05, 3.63) is 35.7 Å². The predicted molar refractivity (Wildman–Crippen MR) is 77.7 cm³/mol. The Morgan fingerprint density at radius 2 is 2.00 bits per heavy atom. The first-order valence-corrected chi connectivity index (χ1v) is 7.08. The van der Waals surface area contributed by atoms with Gasteiger partial charge in [-0.2, -0.15) is 0 Å². The fourth-order valence-corrected chi connectivity index (χ4v) is 2.20. The Bertz CT molecular complexity index is 533. The molecule has 108 valence electrons. The van der Waals surface area contributed by atoms with Crippen LogP contribution in [0.2, 0.25) is 0 Å². The lowest BCUT2D eigenvalue weighted by Crippen LogP contribution is -1.98. The Labute approximate surface area is 118 Å². The van der Waals surface area contributed by atoms with Gasteiger partial charge in [-0.25, -0.2) is 9.37 Å². The summed E-state index contributed by atoms with van der Waals surface area (Å²) in [7, 11) is 0. The molecular formula is C15H21FN4. The molecule has 3 N–H and O–H groups in total. The van der Waals surface area contributed by atoms with Crippen LogP contribution in [0, 0.1) is 12.7 Å². The molecule has 0 amide bonds. The van der Waals surface area contributed by atoms with E-state index in [2.05, 4.69) is 15.0 Å². The van der Waals surface area contributed by atoms with Crippen LogP contribution in [0.1, 0.15) is 37.2 Å². The summed E-state index contributed by atoms with van der Waals surface area (Å²) in [5.41, 5.74) is 7.95. The van der Waals surface area contributed by atoms with Crippen LogP contribution in [0.15, 0.2) is 18.3 Å². The van der Waals surface area contributed by atoms with Gasteiger partial charge < -0.3 is 10.7 Å². The lowest BCUT2D eigenvalue weighted by atomic mass is 10.1. The van der Waals surface area contributed by atoms with E-state index in [1.165, 1.54) is 25.1 Å². The molecule has 5 heteroatoms. The fourth-order valence-electron chi connectivity index (χ4n) is 2.20. The lowest BCUT2D eigenvalue weighted by Gasteiger charge is -1.98. The van der Waals surface area contributed by atoms with Crippen LogP contribution in [0.25, 0.3) is 11.4 Å². The first kappa shape index (κ1) is 14.7. The van der Waals surface area contributed by atoms with Crippen LogP contribution in [0.5, 0.6) is 0 Å². The lowest BCUT2D eigenvalue weighted by molar-refractivity contribution is 0.622. The second-order valence-electron chi connectivity index (χ2n) is 4.97. The summed E-state index contributed by atoms with van der Waals surface area (Å²) in [6, 6.07) is 3.06. The smallest absolute Gasteiger partial charge is 0.141 e. The summed E-state index contributed by atoms with van der Waals surface area (Å²) in [5, 5.41) is 0. The molecule has 2 aromatic heterocycles. The van der Waals surface area contributed by atoms with Crippen molar-refractivity contribution in [1.82, 2.24) is 15.0 Å². The molecule has 0 aromatic carbocycles. The standard InChI is InChI=1S/C15H21FN4/c1-11-15(13-8-7-12(16)10-18-13)20-14(19-11)6-4-2-3-5-9-17/h7-8,10H,2-6,9,17H2,1H3,(H,19,20). The summed E-state index contributed by atoms with van der Waals surface area (Å²) in [6.07, 6.45) is 6.66. The van der Waals surface area contributed by atoms with Gasteiger partial charge >= 0.3 is 0 Å². The topological polar surface area (TPSA) is 67.6 Å². The molecule has 0 aliphatic carbocycles. The van der Waals surface area contributed by atoms with Crippen molar-refractivity contribution < 1.29 is 4.39 Å². The SMILES string of the molecule is Cc1[nH]c(CCCCCCN)nc1-c1ccc(F)cn1. The summed E-state index contributed by atoms with van der Waals surface area (Å²) in [5.74, 6) is 0.637. The molecule has 0 fully saturated rings. The van der Waals surface area contributed by atoms with Crippen molar-refractivity contribution in [1.29, 1.82) is 0 Å². The molecule has 2 rings (SSSR count). The summed E-state index contributed by atoms with van der Waals surface area (Å²) in [4.78, 5) is 11.9. The number of nitrogens with zero attached hydrogens (tertiary/aromatic N) is 2. The Morgan fingerprint density at radius 1 is 1.20 bits per heavy atom. The van der Waals surface area contributed by atoms with Gasteiger partial charge in [0.25, 0.3) is 0 Å². The van der Waals surface area contributed by atoms with Crippen LogP contribution in [-0.2, 0) is 6.42 Å². The largest absolute Gasteiger partial charge is 0.346 e. The zero-order valence-electron chi connectivity index (χ0n) is 11.8. The van der Waals surface area contributed by atoms with Gasteiger partial charge in [-0.05, 0) is 38.4 Å². The van der Waals surface area contributed by atoms with Crippen LogP contribution in [0.3, 0.4) is 0 Å². The quantitative estimate of drug-likeness (QED) is 0.764. The number of nitrogens with one attached hydrogen (secondary N) is 1. The Morgan fingerprint density at radius 3 is 2.70 bits per heavy atom. The summed E-state index contributed by atoms with van der Waals surface area (Å²) >= 11 is 0. The highest BCUT2D eigenvalue weighted by molar-refractivity contribution is 5.56. The Kier molecular flexibility index (Phi) is 5.24. The molecule has 2 heterocycles. The van der Waals surface area contributed by atoms with Gasteiger partial charge in [0.05, 0.1) is 11.9 Å². The van der Waals surface area contributed by atoms with Crippen LogP contribution >= 0.6 is 0 Å². The van der Waals surface area contributed by atoms with E-state index in [4.69, 9.17) is 5.73 Å². The number of hydrogen-bond acceptors (Lipinski definition) is 3. The maximum Gasteiger partial charge on any atom is 0.141 e. The number of aromatic nitrogens is 3. The van der Waals surface area contributed by atoms with Gasteiger partial charge in [-0.1, -0.05) is 12.8 Å². The second-order valence-corrected chi connectivity index (χ2v) is 4.97. The average Bonchev–Trinajstić information content (AvgIpc) is 2.81. The van der Waals surface area contributed by atoms with Crippen LogP contribution < -0.4 is 5.73 Å². The third kappa shape index (κ3) is 3.87. The first-order chi connectivity index (χ1) is 9.70. The zero-order chi connectivity index (χ0) is 14.4. The number of aromatic amines is 1. The number of aryl methyl sites for hydroxylation is 2. The van der Waals surface area contributed by atoms with Crippen molar-refractivity contribution in [2.75, 3.05) is 6.54 Å². The van der Waals surface area contributed by atoms with Gasteiger partial charge in [0, 0.05) is 12.1 Å². The van der Waals surface area contributed by atoms with Crippen molar-refractivity contribution in [3.63, 3.8) is 0 Å². The number of halogens is 1. The molecule has 0 spiro atoms. The molecule has 0 bridgehead atoms. The van der Waals surface area contributed by atoms with Crippen LogP contribution in [-0.4, -0.2) is 21.5 Å². The van der Waals surface area contributed by atoms with E-state index in [0.29, 0.717) is 5.69 Å². The highest BCUT2D eigenvalue weighted by Crippen LogP contribution is 2.19. The second kappa shape index (κ2) is 7.14. The van der Waals surface area contributed by atoms with Crippen molar-refractivity contribution >= 4 is 0 Å². The van der Waals surface area contributed by atoms with Gasteiger partial charge in [0.2, 0.25) is 0 Å². The number of unbranched alkanes of at least 4 members (excludes halogenated alkanes) is 3. The Hall–Kier alpha value is -1.75. The van der Waals surface area contributed by atoms with E-state index >= 15 is 0 Å². The van der Waals surface area contributed by atoms with E-state index < -0.39 is 0 Å². The van der Waals surface area contributed by atoms with Crippen molar-refractivity contribution in [2.45, 2.75) is 39.0 Å². The van der Waals surface area contributed by atoms with E-state index in [0.717, 1.165) is 43.0 Å². The predicted octanol–water partition coefficient (Wildman–Crippen LogP) is 2.98. The molecule has 0 aliphatic rings. The third-order valence-corrected chi connectivity index (χ3v) is 3.27. The fraction of sp³-hybridized carbons (Fsp3) is 0.467. The minimum absolute atomic E-state index is 0.331. The average molecular weight is 276 g/mol. The minimum Gasteiger partial charge on any atom is -0.346 e. The molecule has 0 saturated carbocycles. The summed E-state index contributed by atoms with van der Waals surface area (Å²) in [6.45, 7) is 2.73. The van der Waals surface area contributed by atoms with Crippen LogP contribution in [0.4, 0.5) is 4.39 Å². The van der Waals surface area contributed by atoms with E-state index in [-0.39, 0.29) is 5.82 Å². The molecule has 0 aliphatic heterocycles. The number of nitrogens with two attached hydrogens (primary N) is 1. The van der Waals surface area contributed by atoms with E-state index in [1.807, 2.05) is 6.92 Å². The molecule has 2 aromatic rings. The highest BCUT2D eigenvalue weighted by Gasteiger charge is 2.10. The third-order valence-electron chi connectivity index (χ3n) is 3.27.